The summed E-state index contributed by atoms with van der Waals surface area (Å²) in [5.74, 6) is -1.07. The van der Waals surface area contributed by atoms with Crippen LogP contribution in [0.2, 0.25) is 0 Å². The lowest BCUT2D eigenvalue weighted by Crippen LogP contribution is -2.40. The summed E-state index contributed by atoms with van der Waals surface area (Å²) < 4.78 is 22.7. The number of cyclic esters (lactones) is 2. The Bertz CT molecular complexity index is 1050. The van der Waals surface area contributed by atoms with Crippen molar-refractivity contribution in [3.8, 4) is 0 Å². The number of aliphatic hydroxyl groups is 1. The van der Waals surface area contributed by atoms with E-state index in [1.54, 1.807) is 13.8 Å². The summed E-state index contributed by atoms with van der Waals surface area (Å²) in [4.78, 5) is 51.0. The SMILES string of the molecule is CCC1C2CC(C(=O)OCCC(C)O)C(O2)C1CCC1C2CC(C(=O)OC(C)(C)C)C(C2)C1CC1C(=O)OC(=O)C1C. The van der Waals surface area contributed by atoms with Crippen LogP contribution in [0.3, 0.4) is 0 Å². The molecule has 236 valence electrons. The zero-order valence-electron chi connectivity index (χ0n) is 26.1. The predicted octanol–water partition coefficient (Wildman–Crippen LogP) is 4.47. The second-order valence-electron chi connectivity index (χ2n) is 14.8. The first-order chi connectivity index (χ1) is 19.8. The van der Waals surface area contributed by atoms with E-state index in [9.17, 15) is 24.3 Å². The minimum absolute atomic E-state index is 0.0619. The highest BCUT2D eigenvalue weighted by atomic mass is 16.6. The molecule has 2 aliphatic carbocycles. The maximum absolute atomic E-state index is 13.2. The molecule has 0 aromatic carbocycles. The monoisotopic (exact) mass is 590 g/mol. The molecular weight excluding hydrogens is 540 g/mol. The van der Waals surface area contributed by atoms with Gasteiger partial charge in [-0.25, -0.2) is 0 Å². The van der Waals surface area contributed by atoms with E-state index in [1.165, 1.54) is 0 Å². The number of hydrogen-bond donors (Lipinski definition) is 1. The molecule has 0 radical (unpaired) electrons. The molecule has 5 aliphatic rings. The Balaban J connectivity index is 1.29. The van der Waals surface area contributed by atoms with Gasteiger partial charge in [-0.1, -0.05) is 20.3 Å². The average molecular weight is 591 g/mol. The van der Waals surface area contributed by atoms with E-state index in [-0.39, 0.29) is 60.3 Å². The summed E-state index contributed by atoms with van der Waals surface area (Å²) >= 11 is 0. The lowest BCUT2D eigenvalue weighted by atomic mass is 9.65. The summed E-state index contributed by atoms with van der Waals surface area (Å²) in [5, 5.41) is 9.53. The van der Waals surface area contributed by atoms with Gasteiger partial charge in [0.2, 0.25) is 0 Å². The van der Waals surface area contributed by atoms with Crippen molar-refractivity contribution in [2.24, 2.45) is 59.2 Å². The number of carbonyl (C=O) groups is 4. The molecule has 42 heavy (non-hydrogen) atoms. The van der Waals surface area contributed by atoms with E-state index in [0.29, 0.717) is 37.0 Å². The van der Waals surface area contributed by atoms with Crippen molar-refractivity contribution in [2.75, 3.05) is 6.61 Å². The van der Waals surface area contributed by atoms with Gasteiger partial charge in [0.05, 0.1) is 48.6 Å². The van der Waals surface area contributed by atoms with Crippen molar-refractivity contribution >= 4 is 23.9 Å². The molecule has 3 heterocycles. The molecule has 9 nitrogen and oxygen atoms in total. The molecular formula is C33H50O9. The molecule has 0 spiro atoms. The Morgan fingerprint density at radius 3 is 2.31 bits per heavy atom. The van der Waals surface area contributed by atoms with Crippen LogP contribution in [-0.4, -0.2) is 59.5 Å². The van der Waals surface area contributed by atoms with E-state index in [0.717, 1.165) is 32.1 Å². The minimum Gasteiger partial charge on any atom is -0.465 e. The first-order valence-corrected chi connectivity index (χ1v) is 16.3. The minimum atomic E-state index is -0.561. The lowest BCUT2D eigenvalue weighted by molar-refractivity contribution is -0.163. The van der Waals surface area contributed by atoms with Gasteiger partial charge in [0.1, 0.15) is 5.60 Å². The fourth-order valence-corrected chi connectivity index (χ4v) is 9.21. The van der Waals surface area contributed by atoms with E-state index in [1.807, 2.05) is 20.8 Å². The molecule has 0 amide bonds. The van der Waals surface area contributed by atoms with Gasteiger partial charge in [0.15, 0.2) is 0 Å². The fraction of sp³-hybridized carbons (Fsp3) is 0.879. The van der Waals surface area contributed by atoms with Crippen LogP contribution in [0.25, 0.3) is 0 Å². The van der Waals surface area contributed by atoms with Crippen LogP contribution in [0.1, 0.15) is 92.9 Å². The van der Waals surface area contributed by atoms with Crippen LogP contribution in [0.5, 0.6) is 0 Å². The second kappa shape index (κ2) is 12.2. The third-order valence-electron chi connectivity index (χ3n) is 11.1. The average Bonchev–Trinajstić information content (AvgIpc) is 3.70. The lowest BCUT2D eigenvalue weighted by Gasteiger charge is -2.38. The van der Waals surface area contributed by atoms with Gasteiger partial charge in [-0.15, -0.1) is 0 Å². The third kappa shape index (κ3) is 6.15. The standard InChI is InChI=1S/C33H50O9/c1-7-19-21(28-26(15-27(19)40-28)30(36)39-11-10-16(2)34)9-8-20-18-12-23(25(13-18)32(38)42-33(4,5)6)24(20)14-22-17(3)29(35)41-31(22)37/h16-28,34H,7-15H2,1-6H3. The maximum atomic E-state index is 13.2. The number of aliphatic hydroxyl groups excluding tert-OH is 1. The smallest absolute Gasteiger partial charge is 0.317 e. The van der Waals surface area contributed by atoms with Gasteiger partial charge in [-0.2, -0.15) is 0 Å². The van der Waals surface area contributed by atoms with Crippen molar-refractivity contribution in [3.63, 3.8) is 0 Å². The van der Waals surface area contributed by atoms with Gasteiger partial charge < -0.3 is 24.1 Å². The van der Waals surface area contributed by atoms with Gasteiger partial charge in [-0.3, -0.25) is 19.2 Å². The normalized spacial score (nSPS) is 41.3. The number of hydrogen-bond acceptors (Lipinski definition) is 9. The largest absolute Gasteiger partial charge is 0.465 e. The molecule has 1 N–H and O–H groups in total. The Hall–Kier alpha value is -2.00. The summed E-state index contributed by atoms with van der Waals surface area (Å²) in [5.41, 5.74) is -0.561. The highest BCUT2D eigenvalue weighted by molar-refractivity contribution is 5.96. The molecule has 5 fully saturated rings. The predicted molar refractivity (Wildman–Crippen MR) is 151 cm³/mol. The molecule has 13 atom stereocenters. The fourth-order valence-electron chi connectivity index (χ4n) is 9.21. The van der Waals surface area contributed by atoms with E-state index >= 15 is 0 Å². The van der Waals surface area contributed by atoms with Crippen LogP contribution >= 0.6 is 0 Å². The molecule has 13 unspecified atom stereocenters. The van der Waals surface area contributed by atoms with Crippen LogP contribution in [0, 0.1) is 59.2 Å². The van der Waals surface area contributed by atoms with Crippen LogP contribution in [0.4, 0.5) is 0 Å². The third-order valence-corrected chi connectivity index (χ3v) is 11.1. The van der Waals surface area contributed by atoms with Crippen molar-refractivity contribution in [2.45, 2.75) is 117 Å². The van der Waals surface area contributed by atoms with E-state index in [2.05, 4.69) is 6.92 Å². The number of rotatable bonds is 11. The first kappa shape index (κ1) is 31.4. The summed E-state index contributed by atoms with van der Waals surface area (Å²) in [6.07, 6.45) is 5.64. The van der Waals surface area contributed by atoms with Crippen molar-refractivity contribution in [1.82, 2.24) is 0 Å². The van der Waals surface area contributed by atoms with Gasteiger partial charge in [0.25, 0.3) is 0 Å². The Morgan fingerprint density at radius 1 is 0.976 bits per heavy atom. The molecule has 3 saturated heterocycles. The summed E-state index contributed by atoms with van der Waals surface area (Å²) in [6, 6.07) is 0. The highest BCUT2D eigenvalue weighted by Crippen LogP contribution is 2.60. The molecule has 0 aromatic rings. The Kier molecular flexibility index (Phi) is 9.11. The maximum Gasteiger partial charge on any atom is 0.317 e. The van der Waals surface area contributed by atoms with Crippen molar-refractivity contribution in [3.05, 3.63) is 0 Å². The highest BCUT2D eigenvalue weighted by Gasteiger charge is 2.59. The first-order valence-electron chi connectivity index (χ1n) is 16.3. The Labute approximate surface area is 249 Å². The van der Waals surface area contributed by atoms with E-state index in [4.69, 9.17) is 18.9 Å². The molecule has 3 aliphatic heterocycles. The van der Waals surface area contributed by atoms with E-state index < -0.39 is 35.5 Å². The summed E-state index contributed by atoms with van der Waals surface area (Å²) in [6.45, 7) is 11.5. The number of carbonyl (C=O) groups excluding carboxylic acids is 4. The van der Waals surface area contributed by atoms with Crippen LogP contribution < -0.4 is 0 Å². The number of ether oxygens (including phenoxy) is 4. The second-order valence-corrected chi connectivity index (χ2v) is 14.8. The molecule has 0 aromatic heterocycles. The van der Waals surface area contributed by atoms with Gasteiger partial charge in [-0.05, 0) is 102 Å². The molecule has 4 bridgehead atoms. The van der Waals surface area contributed by atoms with Crippen LogP contribution in [0.15, 0.2) is 0 Å². The number of esters is 4. The Morgan fingerprint density at radius 2 is 1.69 bits per heavy atom. The topological polar surface area (TPSA) is 125 Å². The van der Waals surface area contributed by atoms with Gasteiger partial charge in [0, 0.05) is 6.42 Å². The molecule has 9 heteroatoms. The zero-order chi connectivity index (χ0) is 30.5. The summed E-state index contributed by atoms with van der Waals surface area (Å²) in [7, 11) is 0. The molecule has 2 saturated carbocycles. The van der Waals surface area contributed by atoms with Crippen LogP contribution in [-0.2, 0) is 38.1 Å². The number of fused-ring (bicyclic) bond motifs is 4. The van der Waals surface area contributed by atoms with Gasteiger partial charge >= 0.3 is 23.9 Å². The van der Waals surface area contributed by atoms with Crippen molar-refractivity contribution < 1.29 is 43.2 Å². The quantitative estimate of drug-likeness (QED) is 0.211. The van der Waals surface area contributed by atoms with Crippen molar-refractivity contribution in [1.29, 1.82) is 0 Å². The zero-order valence-corrected chi connectivity index (χ0v) is 26.1. The molecule has 5 rings (SSSR count).